The first kappa shape index (κ1) is 16.7. The van der Waals surface area contributed by atoms with Crippen molar-refractivity contribution in [3.8, 4) is 0 Å². The molecule has 0 radical (unpaired) electrons. The van der Waals surface area contributed by atoms with E-state index >= 15 is 0 Å². The van der Waals surface area contributed by atoms with Crippen molar-refractivity contribution in [1.82, 2.24) is 14.9 Å². The molecule has 7 heteroatoms. The lowest BCUT2D eigenvalue weighted by molar-refractivity contribution is 0.0747. The molecule has 3 rings (SSSR count). The molecule has 1 aliphatic rings. The lowest BCUT2D eigenvalue weighted by atomic mass is 10.2. The average molecular weight is 390 g/mol. The molecule has 0 aromatic carbocycles. The molecule has 2 aromatic heterocycles. The fraction of sp³-hybridized carbons (Fsp3) is 0.353. The van der Waals surface area contributed by atoms with Crippen LogP contribution >= 0.6 is 15.9 Å². The Labute approximate surface area is 150 Å². The van der Waals surface area contributed by atoms with Crippen LogP contribution < -0.4 is 9.80 Å². The summed E-state index contributed by atoms with van der Waals surface area (Å²) in [7, 11) is 3.80. The topological polar surface area (TPSA) is 52.6 Å². The molecule has 0 N–H and O–H groups in total. The fourth-order valence-electron chi connectivity index (χ4n) is 2.78. The molecule has 1 saturated heterocycles. The highest BCUT2D eigenvalue weighted by molar-refractivity contribution is 9.10. The van der Waals surface area contributed by atoms with Crippen molar-refractivity contribution in [3.63, 3.8) is 0 Å². The van der Waals surface area contributed by atoms with Gasteiger partial charge in [0.2, 0.25) is 0 Å². The smallest absolute Gasteiger partial charge is 0.257 e. The normalized spacial score (nSPS) is 14.6. The largest absolute Gasteiger partial charge is 0.362 e. The van der Waals surface area contributed by atoms with Gasteiger partial charge in [-0.3, -0.25) is 4.79 Å². The Balaban J connectivity index is 1.68. The van der Waals surface area contributed by atoms with Gasteiger partial charge in [-0.15, -0.1) is 0 Å². The van der Waals surface area contributed by atoms with Crippen LogP contribution in [-0.4, -0.2) is 61.0 Å². The van der Waals surface area contributed by atoms with E-state index < -0.39 is 0 Å². The number of anilines is 2. The molecule has 1 amide bonds. The highest BCUT2D eigenvalue weighted by Crippen LogP contribution is 2.20. The van der Waals surface area contributed by atoms with Gasteiger partial charge in [-0.25, -0.2) is 9.97 Å². The molecule has 0 spiro atoms. The van der Waals surface area contributed by atoms with E-state index in [0.717, 1.165) is 23.4 Å². The quantitative estimate of drug-likeness (QED) is 0.805. The number of hydrogen-bond donors (Lipinski definition) is 0. The molecule has 0 saturated carbocycles. The summed E-state index contributed by atoms with van der Waals surface area (Å²) in [5.41, 5.74) is 0.651. The van der Waals surface area contributed by atoms with Crippen LogP contribution in [-0.2, 0) is 0 Å². The van der Waals surface area contributed by atoms with E-state index in [2.05, 4.69) is 30.8 Å². The third-order valence-corrected chi connectivity index (χ3v) is 4.51. The van der Waals surface area contributed by atoms with Gasteiger partial charge in [0.1, 0.15) is 11.6 Å². The van der Waals surface area contributed by atoms with Gasteiger partial charge in [-0.1, -0.05) is 0 Å². The lowest BCUT2D eigenvalue weighted by Gasteiger charge is -2.35. The van der Waals surface area contributed by atoms with Gasteiger partial charge in [0.25, 0.3) is 5.91 Å². The fourth-order valence-corrected chi connectivity index (χ4v) is 3.02. The Kier molecular flexibility index (Phi) is 4.99. The van der Waals surface area contributed by atoms with Crippen molar-refractivity contribution in [1.29, 1.82) is 0 Å². The van der Waals surface area contributed by atoms with E-state index in [4.69, 9.17) is 0 Å². The number of pyridine rings is 2. The number of piperazine rings is 1. The van der Waals surface area contributed by atoms with Gasteiger partial charge in [-0.05, 0) is 40.2 Å². The zero-order valence-electron chi connectivity index (χ0n) is 13.8. The molecular weight excluding hydrogens is 370 g/mol. The highest BCUT2D eigenvalue weighted by atomic mass is 79.9. The van der Waals surface area contributed by atoms with E-state index in [1.165, 1.54) is 0 Å². The Morgan fingerprint density at radius 1 is 1.12 bits per heavy atom. The van der Waals surface area contributed by atoms with Gasteiger partial charge in [-0.2, -0.15) is 0 Å². The van der Waals surface area contributed by atoms with Crippen molar-refractivity contribution < 1.29 is 4.79 Å². The third kappa shape index (κ3) is 3.51. The van der Waals surface area contributed by atoms with E-state index in [0.29, 0.717) is 24.5 Å². The summed E-state index contributed by atoms with van der Waals surface area (Å²) in [5.74, 6) is 1.69. The predicted molar refractivity (Wildman–Crippen MR) is 98.6 cm³/mol. The minimum atomic E-state index is 0.0372. The van der Waals surface area contributed by atoms with Crippen LogP contribution in [0.25, 0.3) is 0 Å². The molecular formula is C17H20BrN5O. The van der Waals surface area contributed by atoms with Crippen LogP contribution in [0.2, 0.25) is 0 Å². The summed E-state index contributed by atoms with van der Waals surface area (Å²) in [6, 6.07) is 7.63. The summed E-state index contributed by atoms with van der Waals surface area (Å²) in [6.45, 7) is 2.91. The highest BCUT2D eigenvalue weighted by Gasteiger charge is 2.25. The second-order valence-electron chi connectivity index (χ2n) is 5.88. The molecule has 0 atom stereocenters. The van der Waals surface area contributed by atoms with Gasteiger partial charge < -0.3 is 14.7 Å². The minimum absolute atomic E-state index is 0.0372. The van der Waals surface area contributed by atoms with Crippen LogP contribution in [0.5, 0.6) is 0 Å². The van der Waals surface area contributed by atoms with E-state index in [-0.39, 0.29) is 5.91 Å². The van der Waals surface area contributed by atoms with Crippen molar-refractivity contribution >= 4 is 33.5 Å². The van der Waals surface area contributed by atoms with Gasteiger partial charge in [0.15, 0.2) is 0 Å². The maximum absolute atomic E-state index is 12.8. The van der Waals surface area contributed by atoms with Gasteiger partial charge in [0, 0.05) is 57.1 Å². The number of nitrogens with zero attached hydrogens (tertiary/aromatic N) is 5. The molecule has 6 nitrogen and oxygen atoms in total. The summed E-state index contributed by atoms with van der Waals surface area (Å²) in [6.07, 6.45) is 3.51. The molecule has 126 valence electrons. The number of aromatic nitrogens is 2. The second-order valence-corrected chi connectivity index (χ2v) is 6.80. The minimum Gasteiger partial charge on any atom is -0.362 e. The summed E-state index contributed by atoms with van der Waals surface area (Å²) in [5, 5.41) is 0. The zero-order chi connectivity index (χ0) is 17.1. The molecule has 0 bridgehead atoms. The Morgan fingerprint density at radius 2 is 1.88 bits per heavy atom. The van der Waals surface area contributed by atoms with E-state index in [9.17, 15) is 4.79 Å². The summed E-state index contributed by atoms with van der Waals surface area (Å²) in [4.78, 5) is 27.5. The number of hydrogen-bond acceptors (Lipinski definition) is 5. The van der Waals surface area contributed by atoms with Crippen LogP contribution in [0.15, 0.2) is 41.1 Å². The molecule has 0 unspecified atom stereocenters. The number of rotatable bonds is 3. The van der Waals surface area contributed by atoms with Gasteiger partial charge in [0.05, 0.1) is 5.56 Å². The number of carbonyl (C=O) groups excluding carboxylic acids is 1. The lowest BCUT2D eigenvalue weighted by Crippen LogP contribution is -2.49. The molecule has 3 heterocycles. The molecule has 0 aliphatic carbocycles. The van der Waals surface area contributed by atoms with Crippen molar-refractivity contribution in [3.05, 3.63) is 46.7 Å². The first-order valence-corrected chi connectivity index (χ1v) is 8.63. The van der Waals surface area contributed by atoms with Gasteiger partial charge >= 0.3 is 0 Å². The molecule has 24 heavy (non-hydrogen) atoms. The van der Waals surface area contributed by atoms with Crippen molar-refractivity contribution in [2.45, 2.75) is 0 Å². The van der Waals surface area contributed by atoms with Crippen molar-refractivity contribution in [2.75, 3.05) is 50.1 Å². The number of amides is 1. The Morgan fingerprint density at radius 3 is 2.50 bits per heavy atom. The van der Waals surface area contributed by atoms with Crippen LogP contribution in [0.1, 0.15) is 10.4 Å². The second kappa shape index (κ2) is 7.17. The van der Waals surface area contributed by atoms with E-state index in [1.807, 2.05) is 48.2 Å². The Bertz CT molecular complexity index is 711. The molecule has 1 fully saturated rings. The summed E-state index contributed by atoms with van der Waals surface area (Å²) >= 11 is 3.40. The maximum atomic E-state index is 12.8. The molecule has 2 aromatic rings. The standard InChI is InChI=1S/C17H20BrN5O/c1-21(2)16-14(4-3-7-19-16)17(24)23-10-8-22(9-11-23)15-6-5-13(18)12-20-15/h3-7,12H,8-11H2,1-2H3. The third-order valence-electron chi connectivity index (χ3n) is 4.04. The maximum Gasteiger partial charge on any atom is 0.257 e. The van der Waals surface area contributed by atoms with Crippen LogP contribution in [0, 0.1) is 0 Å². The predicted octanol–water partition coefficient (Wildman–Crippen LogP) is 2.27. The number of carbonyl (C=O) groups is 1. The first-order valence-electron chi connectivity index (χ1n) is 7.84. The SMILES string of the molecule is CN(C)c1ncccc1C(=O)N1CCN(c2ccc(Br)cn2)CC1. The Hall–Kier alpha value is -2.15. The molecule has 1 aliphatic heterocycles. The zero-order valence-corrected chi connectivity index (χ0v) is 15.4. The van der Waals surface area contributed by atoms with Crippen LogP contribution in [0.4, 0.5) is 11.6 Å². The van der Waals surface area contributed by atoms with E-state index in [1.54, 1.807) is 12.4 Å². The first-order chi connectivity index (χ1) is 11.6. The van der Waals surface area contributed by atoms with Crippen molar-refractivity contribution in [2.24, 2.45) is 0 Å². The summed E-state index contributed by atoms with van der Waals surface area (Å²) < 4.78 is 0.966. The van der Waals surface area contributed by atoms with Crippen LogP contribution in [0.3, 0.4) is 0 Å². The monoisotopic (exact) mass is 389 g/mol. The number of halogens is 1. The average Bonchev–Trinajstić information content (AvgIpc) is 2.62.